The highest BCUT2D eigenvalue weighted by atomic mass is 16.6. The van der Waals surface area contributed by atoms with Gasteiger partial charge in [-0.15, -0.1) is 0 Å². The number of esters is 2. The van der Waals surface area contributed by atoms with Gasteiger partial charge in [-0.2, -0.15) is 0 Å². The third-order valence-corrected chi connectivity index (χ3v) is 12.5. The molecule has 0 amide bonds. The van der Waals surface area contributed by atoms with Gasteiger partial charge in [0, 0.05) is 24.5 Å². The van der Waals surface area contributed by atoms with E-state index in [0.717, 1.165) is 44.7 Å². The Morgan fingerprint density at radius 3 is 2.33 bits per heavy atom. The highest BCUT2D eigenvalue weighted by molar-refractivity contribution is 5.79. The van der Waals surface area contributed by atoms with Gasteiger partial charge in [0.05, 0.1) is 26.3 Å². The van der Waals surface area contributed by atoms with Gasteiger partial charge in [0.25, 0.3) is 0 Å². The summed E-state index contributed by atoms with van der Waals surface area (Å²) in [6.45, 7) is 16.1. The number of hydrogen-bond acceptors (Lipinski definition) is 8. The number of Topliss-reactive ketones (excluding diaryl/α,β-unsaturated/α-hetero) is 1. The van der Waals surface area contributed by atoms with Gasteiger partial charge in [0.15, 0.2) is 0 Å². The van der Waals surface area contributed by atoms with E-state index in [1.807, 2.05) is 25.7 Å². The Morgan fingerprint density at radius 1 is 0.905 bits per heavy atom. The smallest absolute Gasteiger partial charge is 0.320 e. The Hall–Kier alpha value is -1.51. The third kappa shape index (κ3) is 6.46. The maximum absolute atomic E-state index is 13.0. The Morgan fingerprint density at radius 2 is 1.62 bits per heavy atom. The molecular weight excluding hydrogens is 532 g/mol. The van der Waals surface area contributed by atoms with Crippen molar-refractivity contribution >= 4 is 17.7 Å². The molecule has 0 aromatic carbocycles. The number of rotatable bonds is 9. The molecule has 4 saturated carbocycles. The molecule has 0 aromatic rings. The fourth-order valence-electron chi connectivity index (χ4n) is 10.1. The predicted molar refractivity (Wildman–Crippen MR) is 161 cm³/mol. The summed E-state index contributed by atoms with van der Waals surface area (Å²) < 4.78 is 17.0. The summed E-state index contributed by atoms with van der Waals surface area (Å²) in [4.78, 5) is 39.9. The van der Waals surface area contributed by atoms with Gasteiger partial charge in [-0.25, -0.2) is 0 Å². The molecule has 8 nitrogen and oxygen atoms in total. The van der Waals surface area contributed by atoms with Crippen molar-refractivity contribution < 1.29 is 28.6 Å². The zero-order valence-corrected chi connectivity index (χ0v) is 27.1. The summed E-state index contributed by atoms with van der Waals surface area (Å²) in [5, 5.41) is 3.25. The van der Waals surface area contributed by atoms with Crippen LogP contribution in [-0.2, 0) is 28.6 Å². The van der Waals surface area contributed by atoms with E-state index in [1.165, 1.54) is 32.1 Å². The number of nitrogens with zero attached hydrogens (tertiary/aromatic N) is 1. The Balaban J connectivity index is 1.10. The lowest BCUT2D eigenvalue weighted by Crippen LogP contribution is -2.56. The molecular formula is C34H56N2O6. The molecule has 0 unspecified atom stereocenters. The zero-order chi connectivity index (χ0) is 30.3. The van der Waals surface area contributed by atoms with E-state index in [2.05, 4.69) is 26.1 Å². The molecule has 0 spiro atoms. The van der Waals surface area contributed by atoms with Crippen LogP contribution in [0.5, 0.6) is 0 Å². The summed E-state index contributed by atoms with van der Waals surface area (Å²) >= 11 is 0. The van der Waals surface area contributed by atoms with E-state index < -0.39 is 11.1 Å². The molecule has 1 heterocycles. The van der Waals surface area contributed by atoms with Crippen molar-refractivity contribution in [2.75, 3.05) is 46.0 Å². The van der Waals surface area contributed by atoms with Crippen molar-refractivity contribution in [3.63, 3.8) is 0 Å². The average molecular weight is 589 g/mol. The Labute approximate surface area is 253 Å². The lowest BCUT2D eigenvalue weighted by molar-refractivity contribution is -0.180. The van der Waals surface area contributed by atoms with Crippen molar-refractivity contribution in [2.45, 2.75) is 110 Å². The van der Waals surface area contributed by atoms with Gasteiger partial charge < -0.3 is 14.2 Å². The number of carbonyl (C=O) groups is 3. The molecule has 5 rings (SSSR count). The topological polar surface area (TPSA) is 94.2 Å². The molecule has 238 valence electrons. The first-order chi connectivity index (χ1) is 19.7. The minimum Gasteiger partial charge on any atom is -0.463 e. The first-order valence-corrected chi connectivity index (χ1v) is 16.7. The third-order valence-electron chi connectivity index (χ3n) is 12.5. The van der Waals surface area contributed by atoms with Crippen LogP contribution >= 0.6 is 0 Å². The first-order valence-electron chi connectivity index (χ1n) is 16.7. The van der Waals surface area contributed by atoms with Gasteiger partial charge >= 0.3 is 11.9 Å². The molecule has 8 atom stereocenters. The molecule has 1 aliphatic heterocycles. The number of ketones is 1. The van der Waals surface area contributed by atoms with Crippen molar-refractivity contribution in [3.05, 3.63) is 0 Å². The van der Waals surface area contributed by atoms with E-state index in [0.29, 0.717) is 36.8 Å². The molecule has 1 N–H and O–H groups in total. The van der Waals surface area contributed by atoms with Crippen LogP contribution in [0.2, 0.25) is 0 Å². The number of nitrogens with one attached hydrogen (secondary N) is 1. The van der Waals surface area contributed by atoms with Gasteiger partial charge in [-0.3, -0.25) is 24.6 Å². The quantitative estimate of drug-likeness (QED) is 0.385. The molecule has 0 radical (unpaired) electrons. The summed E-state index contributed by atoms with van der Waals surface area (Å²) in [5.74, 6) is 2.86. The fraction of sp³-hybridized carbons (Fsp3) is 0.912. The van der Waals surface area contributed by atoms with Crippen LogP contribution in [0.1, 0.15) is 99.3 Å². The normalized spacial score (nSPS) is 40.4. The lowest BCUT2D eigenvalue weighted by atomic mass is 9.44. The van der Waals surface area contributed by atoms with E-state index in [-0.39, 0.29) is 48.4 Å². The van der Waals surface area contributed by atoms with Crippen LogP contribution in [0.4, 0.5) is 0 Å². The highest BCUT2D eigenvalue weighted by Gasteiger charge is 2.61. The van der Waals surface area contributed by atoms with Crippen LogP contribution < -0.4 is 5.32 Å². The maximum atomic E-state index is 13.0. The predicted octanol–water partition coefficient (Wildman–Crippen LogP) is 4.78. The highest BCUT2D eigenvalue weighted by Crippen LogP contribution is 2.68. The van der Waals surface area contributed by atoms with Crippen LogP contribution in [0.25, 0.3) is 0 Å². The fourth-order valence-corrected chi connectivity index (χ4v) is 10.1. The standard InChI is InChI=1S/C34H56N2O6/c1-23(37)26-9-10-27-25-8-7-24-19-32(4,13-14-33(24,5)28(25)11-12-34(26,27)6)42-29(38)20-35-31(2,3)22-41-30(39)21-36-15-17-40-18-16-36/h24-28,35H,7-22H2,1-6H3/t24-,25-,26+,27-,28-,32+,33-,34+/m0/s1. The van der Waals surface area contributed by atoms with Gasteiger partial charge in [0.1, 0.15) is 18.0 Å². The number of hydrogen-bond donors (Lipinski definition) is 1. The molecule has 5 fully saturated rings. The van der Waals surface area contributed by atoms with Crippen LogP contribution in [0.3, 0.4) is 0 Å². The minimum atomic E-state index is -0.540. The van der Waals surface area contributed by atoms with Gasteiger partial charge in [0.2, 0.25) is 0 Å². The second kappa shape index (κ2) is 12.1. The Bertz CT molecular complexity index is 1030. The number of ether oxygens (including phenoxy) is 3. The largest absolute Gasteiger partial charge is 0.463 e. The number of carbonyl (C=O) groups excluding carboxylic acids is 3. The lowest BCUT2D eigenvalue weighted by Gasteiger charge is -2.62. The van der Waals surface area contributed by atoms with Crippen molar-refractivity contribution in [1.82, 2.24) is 10.2 Å². The van der Waals surface area contributed by atoms with Crippen molar-refractivity contribution in [3.8, 4) is 0 Å². The molecule has 42 heavy (non-hydrogen) atoms. The zero-order valence-electron chi connectivity index (χ0n) is 27.1. The second-order valence-electron chi connectivity index (χ2n) is 15.9. The van der Waals surface area contributed by atoms with Crippen molar-refractivity contribution in [1.29, 1.82) is 0 Å². The molecule has 5 aliphatic rings. The van der Waals surface area contributed by atoms with Crippen LogP contribution in [-0.4, -0.2) is 79.8 Å². The van der Waals surface area contributed by atoms with Crippen molar-refractivity contribution in [2.24, 2.45) is 40.4 Å². The summed E-state index contributed by atoms with van der Waals surface area (Å²) in [7, 11) is 0. The van der Waals surface area contributed by atoms with E-state index in [4.69, 9.17) is 14.2 Å². The number of morpholine rings is 1. The average Bonchev–Trinajstić information content (AvgIpc) is 3.30. The van der Waals surface area contributed by atoms with E-state index >= 15 is 0 Å². The minimum absolute atomic E-state index is 0.0911. The monoisotopic (exact) mass is 588 g/mol. The molecule has 4 aliphatic carbocycles. The van der Waals surface area contributed by atoms with Crippen LogP contribution in [0.15, 0.2) is 0 Å². The summed E-state index contributed by atoms with van der Waals surface area (Å²) in [6.07, 6.45) is 10.1. The molecule has 0 aromatic heterocycles. The van der Waals surface area contributed by atoms with Gasteiger partial charge in [-0.05, 0) is 120 Å². The second-order valence-corrected chi connectivity index (χ2v) is 15.9. The van der Waals surface area contributed by atoms with Crippen LogP contribution in [0, 0.1) is 40.4 Å². The van der Waals surface area contributed by atoms with Gasteiger partial charge in [-0.1, -0.05) is 13.8 Å². The first kappa shape index (κ1) is 31.9. The molecule has 1 saturated heterocycles. The van der Waals surface area contributed by atoms with E-state index in [1.54, 1.807) is 0 Å². The summed E-state index contributed by atoms with van der Waals surface area (Å²) in [5.41, 5.74) is -0.505. The Kier molecular flexibility index (Phi) is 9.20. The summed E-state index contributed by atoms with van der Waals surface area (Å²) in [6, 6.07) is 0. The SMILES string of the molecule is CC(=O)[C@H]1CC[C@H]2[C@@H]3CC[C@H]4C[C@](C)(OC(=O)CNC(C)(C)COC(=O)CN5CCOCC5)CC[C@]4(C)[C@H]3CC[C@]12C. The number of fused-ring (bicyclic) bond motifs is 5. The molecule has 0 bridgehead atoms. The molecule has 8 heteroatoms. The van der Waals surface area contributed by atoms with E-state index in [9.17, 15) is 14.4 Å². The maximum Gasteiger partial charge on any atom is 0.320 e.